The first kappa shape index (κ1) is 12.9. The smallest absolute Gasteiger partial charge is 0.237 e. The largest absolute Gasteiger partial charge is 0.354 e. The van der Waals surface area contributed by atoms with E-state index in [2.05, 4.69) is 22.8 Å². The van der Waals surface area contributed by atoms with Crippen LogP contribution in [0.15, 0.2) is 24.3 Å². The lowest BCUT2D eigenvalue weighted by atomic mass is 9.96. The predicted molar refractivity (Wildman–Crippen MR) is 76.4 cm³/mol. The number of rotatable bonds is 4. The summed E-state index contributed by atoms with van der Waals surface area (Å²) in [5.74, 6) is 0.151. The molecule has 0 bridgehead atoms. The molecule has 0 spiro atoms. The second-order valence-corrected chi connectivity index (χ2v) is 6.09. The van der Waals surface area contributed by atoms with Gasteiger partial charge in [0, 0.05) is 17.0 Å². The highest BCUT2D eigenvalue weighted by molar-refractivity contribution is 6.30. The minimum Gasteiger partial charge on any atom is -0.354 e. The lowest BCUT2D eigenvalue weighted by molar-refractivity contribution is -0.122. The first-order valence-electron chi connectivity index (χ1n) is 6.97. The Kier molecular flexibility index (Phi) is 3.50. The molecule has 1 atom stereocenters. The molecule has 3 nitrogen and oxygen atoms in total. The fraction of sp³-hybridized carbons (Fsp3) is 0.533. The Morgan fingerprint density at radius 3 is 2.68 bits per heavy atom. The van der Waals surface area contributed by atoms with E-state index in [4.69, 9.17) is 11.6 Å². The third-order valence-electron chi connectivity index (χ3n) is 4.29. The van der Waals surface area contributed by atoms with Crippen molar-refractivity contribution >= 4 is 17.5 Å². The van der Waals surface area contributed by atoms with Crippen LogP contribution in [0.25, 0.3) is 0 Å². The van der Waals surface area contributed by atoms with Crippen LogP contribution in [-0.4, -0.2) is 25.0 Å². The first-order valence-corrected chi connectivity index (χ1v) is 7.35. The molecule has 2 aliphatic rings. The number of nitrogens with one attached hydrogen (secondary N) is 2. The summed E-state index contributed by atoms with van der Waals surface area (Å²) in [6, 6.07) is 8.03. The van der Waals surface area contributed by atoms with E-state index in [-0.39, 0.29) is 17.4 Å². The van der Waals surface area contributed by atoms with Crippen molar-refractivity contribution < 1.29 is 4.79 Å². The number of hydrogen-bond acceptors (Lipinski definition) is 2. The monoisotopic (exact) mass is 278 g/mol. The Morgan fingerprint density at radius 1 is 1.37 bits per heavy atom. The van der Waals surface area contributed by atoms with Crippen molar-refractivity contribution in [1.29, 1.82) is 0 Å². The quantitative estimate of drug-likeness (QED) is 0.887. The van der Waals surface area contributed by atoms with Crippen LogP contribution in [0.2, 0.25) is 5.02 Å². The van der Waals surface area contributed by atoms with Crippen LogP contribution in [0, 0.1) is 0 Å². The summed E-state index contributed by atoms with van der Waals surface area (Å²) in [7, 11) is 0. The van der Waals surface area contributed by atoms with E-state index in [1.54, 1.807) is 0 Å². The minimum atomic E-state index is 0.0148. The van der Waals surface area contributed by atoms with Crippen molar-refractivity contribution in [3.8, 4) is 0 Å². The molecule has 1 unspecified atom stereocenters. The highest BCUT2D eigenvalue weighted by Gasteiger charge is 2.44. The Hall–Kier alpha value is -1.06. The average molecular weight is 279 g/mol. The number of hydrogen-bond donors (Lipinski definition) is 2. The fourth-order valence-electron chi connectivity index (χ4n) is 2.81. The Bertz CT molecular complexity index is 462. The summed E-state index contributed by atoms with van der Waals surface area (Å²) in [6.07, 6.45) is 4.35. The van der Waals surface area contributed by atoms with E-state index in [0.29, 0.717) is 0 Å². The lowest BCUT2D eigenvalue weighted by Gasteiger charge is -2.18. The molecule has 1 aromatic carbocycles. The normalized spacial score (nSPS) is 24.2. The van der Waals surface area contributed by atoms with Gasteiger partial charge in [-0.3, -0.25) is 4.79 Å². The SMILES string of the molecule is O=C(NCC1(c2ccc(Cl)cc2)CC1)C1CCCN1. The molecule has 1 aliphatic carbocycles. The van der Waals surface area contributed by atoms with Gasteiger partial charge in [-0.1, -0.05) is 23.7 Å². The summed E-state index contributed by atoms with van der Waals surface area (Å²) >= 11 is 5.92. The molecular formula is C15H19ClN2O. The van der Waals surface area contributed by atoms with Crippen LogP contribution in [0.5, 0.6) is 0 Å². The van der Waals surface area contributed by atoms with E-state index >= 15 is 0 Å². The Balaban J connectivity index is 1.59. The van der Waals surface area contributed by atoms with Crippen molar-refractivity contribution in [2.24, 2.45) is 0 Å². The summed E-state index contributed by atoms with van der Waals surface area (Å²) in [6.45, 7) is 1.70. The van der Waals surface area contributed by atoms with Crippen LogP contribution in [-0.2, 0) is 10.2 Å². The van der Waals surface area contributed by atoms with Gasteiger partial charge in [-0.15, -0.1) is 0 Å². The van der Waals surface area contributed by atoms with Crippen molar-refractivity contribution in [2.45, 2.75) is 37.1 Å². The zero-order chi connectivity index (χ0) is 13.3. The Morgan fingerprint density at radius 2 is 2.11 bits per heavy atom. The molecule has 1 saturated carbocycles. The van der Waals surface area contributed by atoms with Crippen LogP contribution < -0.4 is 10.6 Å². The molecule has 0 aromatic heterocycles. The maximum Gasteiger partial charge on any atom is 0.237 e. The third-order valence-corrected chi connectivity index (χ3v) is 4.54. The van der Waals surface area contributed by atoms with Crippen LogP contribution >= 0.6 is 11.6 Å². The first-order chi connectivity index (χ1) is 9.20. The molecule has 3 rings (SSSR count). The van der Waals surface area contributed by atoms with Gasteiger partial charge < -0.3 is 10.6 Å². The van der Waals surface area contributed by atoms with Crippen LogP contribution in [0.4, 0.5) is 0 Å². The van der Waals surface area contributed by atoms with Gasteiger partial charge in [0.2, 0.25) is 5.91 Å². The van der Waals surface area contributed by atoms with Gasteiger partial charge in [0.05, 0.1) is 6.04 Å². The minimum absolute atomic E-state index is 0.0148. The fourth-order valence-corrected chi connectivity index (χ4v) is 2.94. The summed E-state index contributed by atoms with van der Waals surface area (Å²) in [4.78, 5) is 12.0. The van der Waals surface area contributed by atoms with Gasteiger partial charge >= 0.3 is 0 Å². The van der Waals surface area contributed by atoms with E-state index < -0.39 is 0 Å². The third kappa shape index (κ3) is 2.77. The highest BCUT2D eigenvalue weighted by Crippen LogP contribution is 2.47. The maximum absolute atomic E-state index is 12.0. The molecule has 1 amide bonds. The second kappa shape index (κ2) is 5.14. The van der Waals surface area contributed by atoms with Gasteiger partial charge in [0.1, 0.15) is 0 Å². The number of benzene rings is 1. The molecular weight excluding hydrogens is 260 g/mol. The molecule has 4 heteroatoms. The molecule has 1 aromatic rings. The summed E-state index contributed by atoms with van der Waals surface area (Å²) in [5, 5.41) is 7.10. The molecule has 2 N–H and O–H groups in total. The zero-order valence-electron chi connectivity index (χ0n) is 10.9. The van der Waals surface area contributed by atoms with Crippen molar-refractivity contribution in [1.82, 2.24) is 10.6 Å². The number of halogens is 1. The van der Waals surface area contributed by atoms with Gasteiger partial charge in [0.25, 0.3) is 0 Å². The zero-order valence-corrected chi connectivity index (χ0v) is 11.7. The predicted octanol–water partition coefficient (Wildman–Crippen LogP) is 2.24. The molecule has 1 heterocycles. The summed E-state index contributed by atoms with van der Waals surface area (Å²) < 4.78 is 0. The molecule has 1 aliphatic heterocycles. The van der Waals surface area contributed by atoms with Gasteiger partial charge in [-0.2, -0.15) is 0 Å². The van der Waals surface area contributed by atoms with Crippen molar-refractivity contribution in [3.63, 3.8) is 0 Å². The van der Waals surface area contributed by atoms with Gasteiger partial charge in [0.15, 0.2) is 0 Å². The Labute approximate surface area is 118 Å². The van der Waals surface area contributed by atoms with Crippen molar-refractivity contribution in [2.75, 3.05) is 13.1 Å². The average Bonchev–Trinajstić information content (AvgIpc) is 3.01. The number of carbonyl (C=O) groups is 1. The molecule has 2 fully saturated rings. The molecule has 102 valence electrons. The maximum atomic E-state index is 12.0. The van der Waals surface area contributed by atoms with E-state index in [0.717, 1.165) is 43.8 Å². The van der Waals surface area contributed by atoms with Gasteiger partial charge in [-0.25, -0.2) is 0 Å². The van der Waals surface area contributed by atoms with E-state index in [1.165, 1.54) is 5.56 Å². The lowest BCUT2D eigenvalue weighted by Crippen LogP contribution is -2.43. The standard InChI is InChI=1S/C15H19ClN2O/c16-12-5-3-11(4-6-12)15(7-8-15)10-18-14(19)13-2-1-9-17-13/h3-6,13,17H,1-2,7-10H2,(H,18,19). The number of carbonyl (C=O) groups excluding carboxylic acids is 1. The summed E-state index contributed by atoms with van der Waals surface area (Å²) in [5.41, 5.74) is 1.44. The van der Waals surface area contributed by atoms with E-state index in [1.807, 2.05) is 12.1 Å². The van der Waals surface area contributed by atoms with E-state index in [9.17, 15) is 4.79 Å². The second-order valence-electron chi connectivity index (χ2n) is 5.65. The number of amides is 1. The van der Waals surface area contributed by atoms with Crippen LogP contribution in [0.3, 0.4) is 0 Å². The van der Waals surface area contributed by atoms with Gasteiger partial charge in [-0.05, 0) is 49.9 Å². The van der Waals surface area contributed by atoms with Crippen molar-refractivity contribution in [3.05, 3.63) is 34.9 Å². The molecule has 1 saturated heterocycles. The van der Waals surface area contributed by atoms with Crippen LogP contribution in [0.1, 0.15) is 31.2 Å². The highest BCUT2D eigenvalue weighted by atomic mass is 35.5. The molecule has 19 heavy (non-hydrogen) atoms. The molecule has 0 radical (unpaired) electrons. The topological polar surface area (TPSA) is 41.1 Å².